The normalized spacial score (nSPS) is 10.4. The SMILES string of the molecule is COCCOc1cccc(C(=O)Nc2cn(C)nc2C)c1. The first kappa shape index (κ1) is 15.1. The molecule has 112 valence electrons. The van der Waals surface area contributed by atoms with Crippen molar-refractivity contribution in [1.29, 1.82) is 0 Å². The van der Waals surface area contributed by atoms with Crippen molar-refractivity contribution in [3.8, 4) is 5.75 Å². The molecule has 6 nitrogen and oxygen atoms in total. The third-order valence-electron chi connectivity index (χ3n) is 2.91. The Morgan fingerprint density at radius 2 is 2.19 bits per heavy atom. The van der Waals surface area contributed by atoms with Crippen molar-refractivity contribution in [2.45, 2.75) is 6.92 Å². The molecule has 2 aromatic rings. The molecule has 0 aliphatic rings. The Hall–Kier alpha value is -2.34. The maximum absolute atomic E-state index is 12.2. The minimum absolute atomic E-state index is 0.191. The molecule has 0 bridgehead atoms. The van der Waals surface area contributed by atoms with E-state index in [1.54, 1.807) is 36.2 Å². The van der Waals surface area contributed by atoms with Gasteiger partial charge in [-0.25, -0.2) is 0 Å². The van der Waals surface area contributed by atoms with E-state index in [9.17, 15) is 4.79 Å². The van der Waals surface area contributed by atoms with Gasteiger partial charge < -0.3 is 14.8 Å². The van der Waals surface area contributed by atoms with Gasteiger partial charge in [0.1, 0.15) is 12.4 Å². The monoisotopic (exact) mass is 289 g/mol. The van der Waals surface area contributed by atoms with E-state index < -0.39 is 0 Å². The van der Waals surface area contributed by atoms with Gasteiger partial charge in [-0.15, -0.1) is 0 Å². The molecule has 0 radical (unpaired) electrons. The predicted molar refractivity (Wildman–Crippen MR) is 79.7 cm³/mol. The standard InChI is InChI=1S/C15H19N3O3/c1-11-14(10-18(2)17-11)16-15(19)12-5-4-6-13(9-12)21-8-7-20-3/h4-6,9-10H,7-8H2,1-3H3,(H,16,19). The number of amides is 1. The third kappa shape index (κ3) is 4.06. The number of nitrogens with zero attached hydrogens (tertiary/aromatic N) is 2. The molecule has 6 heteroatoms. The highest BCUT2D eigenvalue weighted by molar-refractivity contribution is 6.04. The molecular weight excluding hydrogens is 270 g/mol. The minimum Gasteiger partial charge on any atom is -0.491 e. The number of benzene rings is 1. The second-order valence-corrected chi connectivity index (χ2v) is 4.63. The third-order valence-corrected chi connectivity index (χ3v) is 2.91. The summed E-state index contributed by atoms with van der Waals surface area (Å²) >= 11 is 0. The number of nitrogens with one attached hydrogen (secondary N) is 1. The van der Waals surface area contributed by atoms with Crippen LogP contribution in [0.15, 0.2) is 30.5 Å². The van der Waals surface area contributed by atoms with E-state index in [0.717, 1.165) is 5.69 Å². The van der Waals surface area contributed by atoms with Gasteiger partial charge >= 0.3 is 0 Å². The number of hydrogen-bond acceptors (Lipinski definition) is 4. The summed E-state index contributed by atoms with van der Waals surface area (Å²) in [6, 6.07) is 7.04. The van der Waals surface area contributed by atoms with Gasteiger partial charge in [0.25, 0.3) is 5.91 Å². The van der Waals surface area contributed by atoms with Crippen LogP contribution in [0.1, 0.15) is 16.1 Å². The average Bonchev–Trinajstić information content (AvgIpc) is 2.77. The van der Waals surface area contributed by atoms with Gasteiger partial charge in [0, 0.05) is 25.9 Å². The van der Waals surface area contributed by atoms with E-state index in [0.29, 0.717) is 30.2 Å². The Labute approximate surface area is 123 Å². The van der Waals surface area contributed by atoms with E-state index in [-0.39, 0.29) is 5.91 Å². The number of rotatable bonds is 6. The molecule has 0 spiro atoms. The lowest BCUT2D eigenvalue weighted by atomic mass is 10.2. The Morgan fingerprint density at radius 3 is 2.86 bits per heavy atom. The molecule has 1 aromatic heterocycles. The van der Waals surface area contributed by atoms with Gasteiger partial charge in [-0.05, 0) is 25.1 Å². The van der Waals surface area contributed by atoms with Crippen molar-refractivity contribution >= 4 is 11.6 Å². The summed E-state index contributed by atoms with van der Waals surface area (Å²) in [4.78, 5) is 12.2. The van der Waals surface area contributed by atoms with E-state index in [4.69, 9.17) is 9.47 Å². The van der Waals surface area contributed by atoms with Crippen LogP contribution in [0.25, 0.3) is 0 Å². The van der Waals surface area contributed by atoms with Crippen molar-refractivity contribution in [2.75, 3.05) is 25.6 Å². The molecule has 0 aliphatic heterocycles. The molecule has 0 atom stereocenters. The molecule has 1 amide bonds. The van der Waals surface area contributed by atoms with E-state index in [2.05, 4.69) is 10.4 Å². The van der Waals surface area contributed by atoms with Gasteiger partial charge in [-0.1, -0.05) is 6.07 Å². The zero-order valence-electron chi connectivity index (χ0n) is 12.4. The maximum Gasteiger partial charge on any atom is 0.255 e. The lowest BCUT2D eigenvalue weighted by Gasteiger charge is -2.08. The molecule has 1 heterocycles. The van der Waals surface area contributed by atoms with Crippen molar-refractivity contribution in [3.05, 3.63) is 41.7 Å². The molecular formula is C15H19N3O3. The predicted octanol–water partition coefficient (Wildman–Crippen LogP) is 2.01. The fourth-order valence-corrected chi connectivity index (χ4v) is 1.89. The Bertz CT molecular complexity index is 622. The van der Waals surface area contributed by atoms with E-state index in [1.807, 2.05) is 20.0 Å². The molecule has 0 unspecified atom stereocenters. The summed E-state index contributed by atoms with van der Waals surface area (Å²) in [5, 5.41) is 7.03. The molecule has 0 saturated heterocycles. The van der Waals surface area contributed by atoms with Crippen LogP contribution in [0.2, 0.25) is 0 Å². The molecule has 2 rings (SSSR count). The second kappa shape index (κ2) is 6.90. The lowest BCUT2D eigenvalue weighted by molar-refractivity contribution is 0.102. The summed E-state index contributed by atoms with van der Waals surface area (Å²) in [5.74, 6) is 0.450. The van der Waals surface area contributed by atoms with Gasteiger partial charge in [0.15, 0.2) is 0 Å². The van der Waals surface area contributed by atoms with Crippen LogP contribution in [0, 0.1) is 6.92 Å². The maximum atomic E-state index is 12.2. The van der Waals surface area contributed by atoms with Crippen LogP contribution < -0.4 is 10.1 Å². The van der Waals surface area contributed by atoms with Crippen molar-refractivity contribution in [1.82, 2.24) is 9.78 Å². The Kier molecular flexibility index (Phi) is 4.94. The summed E-state index contributed by atoms with van der Waals surface area (Å²) in [6.45, 7) is 2.80. The largest absolute Gasteiger partial charge is 0.491 e. The van der Waals surface area contributed by atoms with Gasteiger partial charge in [-0.3, -0.25) is 9.48 Å². The average molecular weight is 289 g/mol. The lowest BCUT2D eigenvalue weighted by Crippen LogP contribution is -2.12. The van der Waals surface area contributed by atoms with Crippen molar-refractivity contribution in [3.63, 3.8) is 0 Å². The van der Waals surface area contributed by atoms with Crippen LogP contribution in [0.5, 0.6) is 5.75 Å². The highest BCUT2D eigenvalue weighted by Gasteiger charge is 2.10. The number of methoxy groups -OCH3 is 1. The first-order valence-corrected chi connectivity index (χ1v) is 6.63. The highest BCUT2D eigenvalue weighted by atomic mass is 16.5. The van der Waals surface area contributed by atoms with Crippen LogP contribution >= 0.6 is 0 Å². The number of aryl methyl sites for hydroxylation is 2. The van der Waals surface area contributed by atoms with E-state index in [1.165, 1.54) is 0 Å². The van der Waals surface area contributed by atoms with E-state index >= 15 is 0 Å². The number of hydrogen-bond donors (Lipinski definition) is 1. The molecule has 1 N–H and O–H groups in total. The molecule has 0 fully saturated rings. The number of carbonyl (C=O) groups is 1. The molecule has 0 saturated carbocycles. The summed E-state index contributed by atoms with van der Waals surface area (Å²) in [7, 11) is 3.43. The topological polar surface area (TPSA) is 65.4 Å². The smallest absolute Gasteiger partial charge is 0.255 e. The van der Waals surface area contributed by atoms with Crippen LogP contribution in [0.3, 0.4) is 0 Å². The van der Waals surface area contributed by atoms with Gasteiger partial charge in [0.2, 0.25) is 0 Å². The molecule has 0 aliphatic carbocycles. The molecule has 21 heavy (non-hydrogen) atoms. The number of ether oxygens (including phenoxy) is 2. The fourth-order valence-electron chi connectivity index (χ4n) is 1.89. The quantitative estimate of drug-likeness (QED) is 0.826. The van der Waals surface area contributed by atoms with Crippen LogP contribution in [-0.4, -0.2) is 36.0 Å². The summed E-state index contributed by atoms with van der Waals surface area (Å²) in [5.41, 5.74) is 2.01. The highest BCUT2D eigenvalue weighted by Crippen LogP contribution is 2.17. The zero-order valence-corrected chi connectivity index (χ0v) is 12.4. The summed E-state index contributed by atoms with van der Waals surface area (Å²) < 4.78 is 12.1. The van der Waals surface area contributed by atoms with Gasteiger partial charge in [0.05, 0.1) is 18.0 Å². The van der Waals surface area contributed by atoms with Crippen molar-refractivity contribution in [2.24, 2.45) is 7.05 Å². The number of anilines is 1. The van der Waals surface area contributed by atoms with Crippen LogP contribution in [0.4, 0.5) is 5.69 Å². The number of carbonyl (C=O) groups excluding carboxylic acids is 1. The number of aromatic nitrogens is 2. The Morgan fingerprint density at radius 1 is 1.38 bits per heavy atom. The van der Waals surface area contributed by atoms with Crippen LogP contribution in [-0.2, 0) is 11.8 Å². The first-order chi connectivity index (χ1) is 10.1. The minimum atomic E-state index is -0.191. The Balaban J connectivity index is 2.05. The molecule has 1 aromatic carbocycles. The first-order valence-electron chi connectivity index (χ1n) is 6.63. The zero-order chi connectivity index (χ0) is 15.2. The summed E-state index contributed by atoms with van der Waals surface area (Å²) in [6.07, 6.45) is 1.77. The van der Waals surface area contributed by atoms with Crippen molar-refractivity contribution < 1.29 is 14.3 Å². The fraction of sp³-hybridized carbons (Fsp3) is 0.333. The van der Waals surface area contributed by atoms with Gasteiger partial charge in [-0.2, -0.15) is 5.10 Å². The second-order valence-electron chi connectivity index (χ2n) is 4.63.